The zero-order valence-corrected chi connectivity index (χ0v) is 19.3. The topological polar surface area (TPSA) is 180 Å². The number of benzene rings is 2. The van der Waals surface area contributed by atoms with Crippen molar-refractivity contribution in [2.45, 2.75) is 0 Å². The van der Waals surface area contributed by atoms with E-state index in [2.05, 4.69) is 9.98 Å². The van der Waals surface area contributed by atoms with Crippen LogP contribution in [0.4, 0.5) is 0 Å². The van der Waals surface area contributed by atoms with Crippen LogP contribution < -0.4 is 20.4 Å². The molecule has 11 heteroatoms. The molecule has 1 radical (unpaired) electrons. The number of carbonyl (C=O) groups is 2. The van der Waals surface area contributed by atoms with Crippen molar-refractivity contribution in [2.24, 2.45) is 9.98 Å². The van der Waals surface area contributed by atoms with Gasteiger partial charge in [0.15, 0.2) is 0 Å². The molecule has 0 spiro atoms. The SMILES string of the molecule is O=C([O-])c1cccc(C=NCCN=Cc2cccc(C(=O)[O-])c2[O-])c1[O-].[O-2].[V+4].[Zn+2]. The van der Waals surface area contributed by atoms with Crippen molar-refractivity contribution in [3.63, 3.8) is 0 Å². The second kappa shape index (κ2) is 13.6. The molecule has 0 heterocycles. The van der Waals surface area contributed by atoms with Crippen molar-refractivity contribution in [3.05, 3.63) is 58.7 Å². The van der Waals surface area contributed by atoms with E-state index in [4.69, 9.17) is 0 Å². The van der Waals surface area contributed by atoms with Gasteiger partial charge in [-0.15, -0.1) is 0 Å². The first kappa shape index (κ1) is 28.7. The summed E-state index contributed by atoms with van der Waals surface area (Å²) in [7, 11) is 0. The minimum absolute atomic E-state index is 0. The van der Waals surface area contributed by atoms with Gasteiger partial charge in [0.2, 0.25) is 0 Å². The third kappa shape index (κ3) is 7.79. The smallest absolute Gasteiger partial charge is 2.00 e. The van der Waals surface area contributed by atoms with Gasteiger partial charge in [-0.2, -0.15) is 0 Å². The van der Waals surface area contributed by atoms with Crippen LogP contribution in [0.2, 0.25) is 0 Å². The molecule has 143 valence electrons. The van der Waals surface area contributed by atoms with E-state index in [0.717, 1.165) is 12.1 Å². The summed E-state index contributed by atoms with van der Waals surface area (Å²) >= 11 is 0. The average molecular weight is 485 g/mol. The maximum absolute atomic E-state index is 11.8. The third-order valence-corrected chi connectivity index (χ3v) is 3.35. The van der Waals surface area contributed by atoms with Crippen molar-refractivity contribution in [1.82, 2.24) is 0 Å². The van der Waals surface area contributed by atoms with Gasteiger partial charge in [-0.1, -0.05) is 47.9 Å². The maximum atomic E-state index is 11.8. The zero-order valence-electron chi connectivity index (χ0n) is 14.9. The average Bonchev–Trinajstić information content (AvgIpc) is 2.60. The molecule has 0 aliphatic rings. The molecule has 0 aliphatic heterocycles. The molecular weight excluding hydrogens is 473 g/mol. The fraction of sp³-hybridized carbons (Fsp3) is 0.111. The monoisotopic (exact) mass is 483 g/mol. The second-order valence-electron chi connectivity index (χ2n) is 5.09. The number of para-hydroxylation sites is 2. The van der Waals surface area contributed by atoms with Crippen molar-refractivity contribution >= 4 is 24.4 Å². The Morgan fingerprint density at radius 3 is 1.45 bits per heavy atom. The molecule has 0 aromatic heterocycles. The predicted molar refractivity (Wildman–Crippen MR) is 86.0 cm³/mol. The number of aliphatic imine (C=N–C) groups is 2. The molecule has 9 nitrogen and oxygen atoms in total. The van der Waals surface area contributed by atoms with Gasteiger partial charge in [-0.05, 0) is 22.3 Å². The Kier molecular flexibility index (Phi) is 13.5. The van der Waals surface area contributed by atoms with E-state index >= 15 is 0 Å². The first-order valence-corrected chi connectivity index (χ1v) is 7.44. The molecule has 0 saturated carbocycles. The van der Waals surface area contributed by atoms with Gasteiger partial charge >= 0.3 is 38.0 Å². The largest absolute Gasteiger partial charge is 4.00 e. The quantitative estimate of drug-likeness (QED) is 0.248. The van der Waals surface area contributed by atoms with Gasteiger partial charge in [0.1, 0.15) is 0 Å². The number of carboxylic acid groups (broad SMARTS) is 2. The minimum atomic E-state index is -1.55. The van der Waals surface area contributed by atoms with Crippen LogP contribution in [-0.4, -0.2) is 37.5 Å². The fourth-order valence-electron chi connectivity index (χ4n) is 2.08. The van der Waals surface area contributed by atoms with E-state index in [9.17, 15) is 30.0 Å². The van der Waals surface area contributed by atoms with Crippen LogP contribution in [0.25, 0.3) is 0 Å². The fourth-order valence-corrected chi connectivity index (χ4v) is 2.08. The van der Waals surface area contributed by atoms with E-state index in [1.165, 1.54) is 36.7 Å². The molecular formula is C18H12N2O7VZn. The number of nitrogens with zero attached hydrogens (tertiary/aromatic N) is 2. The van der Waals surface area contributed by atoms with Crippen LogP contribution in [0, 0.1) is 0 Å². The van der Waals surface area contributed by atoms with Gasteiger partial charge in [-0.25, -0.2) is 0 Å². The molecule has 29 heavy (non-hydrogen) atoms. The summed E-state index contributed by atoms with van der Waals surface area (Å²) in [4.78, 5) is 29.5. The molecule has 0 unspecified atom stereocenters. The summed E-state index contributed by atoms with van der Waals surface area (Å²) in [5, 5.41) is 45.2. The Labute approximate surface area is 190 Å². The zero-order chi connectivity index (χ0) is 19.1. The van der Waals surface area contributed by atoms with E-state index in [0.29, 0.717) is 0 Å². The number of hydrogen-bond acceptors (Lipinski definition) is 8. The second-order valence-corrected chi connectivity index (χ2v) is 5.09. The maximum Gasteiger partial charge on any atom is 4.00 e. The number of rotatable bonds is 7. The first-order chi connectivity index (χ1) is 12.4. The van der Waals surface area contributed by atoms with E-state index in [1.54, 1.807) is 0 Å². The summed E-state index contributed by atoms with van der Waals surface area (Å²) in [6.45, 7) is 0.361. The van der Waals surface area contributed by atoms with Gasteiger partial charge in [0, 0.05) is 12.4 Å². The Balaban J connectivity index is 0. The van der Waals surface area contributed by atoms with Crippen molar-refractivity contribution in [1.29, 1.82) is 0 Å². The van der Waals surface area contributed by atoms with Gasteiger partial charge in [0.25, 0.3) is 0 Å². The Morgan fingerprint density at radius 1 is 0.793 bits per heavy atom. The predicted octanol–water partition coefficient (Wildman–Crippen LogP) is -2.02. The number of carboxylic acids is 2. The molecule has 2 aromatic rings. The molecule has 0 fully saturated rings. The Morgan fingerprint density at radius 2 is 1.14 bits per heavy atom. The Bertz CT molecular complexity index is 830. The van der Waals surface area contributed by atoms with Crippen molar-refractivity contribution in [2.75, 3.05) is 13.1 Å². The van der Waals surface area contributed by atoms with Gasteiger partial charge in [-0.3, -0.25) is 9.98 Å². The van der Waals surface area contributed by atoms with E-state index < -0.39 is 34.6 Å². The number of hydrogen-bond donors (Lipinski definition) is 0. The van der Waals surface area contributed by atoms with Crippen LogP contribution >= 0.6 is 0 Å². The third-order valence-electron chi connectivity index (χ3n) is 3.35. The summed E-state index contributed by atoms with van der Waals surface area (Å²) in [5.41, 5.74) is -0.663. The molecule has 2 rings (SSSR count). The van der Waals surface area contributed by atoms with E-state index in [1.807, 2.05) is 0 Å². The normalized spacial score (nSPS) is 10.1. The van der Waals surface area contributed by atoms with Crippen LogP contribution in [0.3, 0.4) is 0 Å². The van der Waals surface area contributed by atoms with Crippen molar-refractivity contribution in [3.8, 4) is 11.5 Å². The van der Waals surface area contributed by atoms with Crippen LogP contribution in [-0.2, 0) is 43.5 Å². The molecule has 0 saturated heterocycles. The number of aromatic carboxylic acids is 2. The summed E-state index contributed by atoms with van der Waals surface area (Å²) < 4.78 is 0. The summed E-state index contributed by atoms with van der Waals surface area (Å²) in [5.74, 6) is -4.48. The molecule has 0 bridgehead atoms. The van der Waals surface area contributed by atoms with Gasteiger partial charge < -0.3 is 35.5 Å². The summed E-state index contributed by atoms with van der Waals surface area (Å²) in [6, 6.07) is 7.98. The van der Waals surface area contributed by atoms with Crippen LogP contribution in [0.1, 0.15) is 31.8 Å². The molecule has 2 aromatic carbocycles. The first-order valence-electron chi connectivity index (χ1n) is 7.44. The Hall–Kier alpha value is -2.51. The number of carbonyl (C=O) groups excluding carboxylic acids is 2. The van der Waals surface area contributed by atoms with Crippen LogP contribution in [0.15, 0.2) is 46.4 Å². The van der Waals surface area contributed by atoms with E-state index in [-0.39, 0.29) is 67.7 Å². The van der Waals surface area contributed by atoms with Crippen molar-refractivity contribution < 1.29 is 73.5 Å². The molecule has 0 N–H and O–H groups in total. The minimum Gasteiger partial charge on any atom is -2.00 e. The molecule has 0 atom stereocenters. The van der Waals surface area contributed by atoms with Gasteiger partial charge in [0.05, 0.1) is 25.0 Å². The summed E-state index contributed by atoms with van der Waals surface area (Å²) in [6.07, 6.45) is 2.47. The molecule has 0 amide bonds. The van der Waals surface area contributed by atoms with Crippen LogP contribution in [0.5, 0.6) is 11.5 Å². The standard InChI is InChI=1S/C18H16N2O6.O.V.Zn/c21-15-11(3-1-5-13(15)17(23)24)9-19-7-8-20-10-12-4-2-6-14(16(12)22)18(25)26;;;/h1-6,9-10,21-22H,7-8H2,(H,23,24)(H,25,26);;;/q;-2;+4;+2/p-4. The molecule has 0 aliphatic carbocycles.